The third-order valence-electron chi connectivity index (χ3n) is 4.90. The zero-order valence-corrected chi connectivity index (χ0v) is 18.2. The smallest absolute Gasteiger partial charge is 0.227 e. The molecule has 2 heterocycles. The van der Waals surface area contributed by atoms with Gasteiger partial charge in [0.15, 0.2) is 0 Å². The van der Waals surface area contributed by atoms with E-state index in [2.05, 4.69) is 22.0 Å². The Morgan fingerprint density at radius 2 is 1.86 bits per heavy atom. The number of hydrogen-bond acceptors (Lipinski definition) is 5. The molecule has 2 aromatic heterocycles. The van der Waals surface area contributed by atoms with Gasteiger partial charge >= 0.3 is 0 Å². The number of rotatable bonds is 10. The summed E-state index contributed by atoms with van der Waals surface area (Å²) in [5, 5.41) is 0.172. The van der Waals surface area contributed by atoms with Crippen molar-refractivity contribution in [3.05, 3.63) is 71.4 Å². The number of sulfone groups is 1. The summed E-state index contributed by atoms with van der Waals surface area (Å²) in [4.78, 5) is 6.38. The van der Waals surface area contributed by atoms with Crippen molar-refractivity contribution in [1.82, 2.24) is 14.5 Å². The molecule has 0 saturated heterocycles. The van der Waals surface area contributed by atoms with Crippen LogP contribution >= 0.6 is 0 Å². The highest BCUT2D eigenvalue weighted by Crippen LogP contribution is 2.18. The summed E-state index contributed by atoms with van der Waals surface area (Å²) in [6, 6.07) is 14.2. The second-order valence-electron chi connectivity index (χ2n) is 7.36. The first-order valence-corrected chi connectivity index (χ1v) is 11.6. The number of benzene rings is 1. The van der Waals surface area contributed by atoms with E-state index in [9.17, 15) is 8.42 Å². The molecule has 0 radical (unpaired) electrons. The molecule has 6 nitrogen and oxygen atoms in total. The Morgan fingerprint density at radius 3 is 2.52 bits per heavy atom. The number of furan rings is 1. The highest BCUT2D eigenvalue weighted by atomic mass is 32.2. The fraction of sp³-hybridized carbons (Fsp3) is 0.409. The monoisotopic (exact) mass is 415 g/mol. The van der Waals surface area contributed by atoms with Gasteiger partial charge in [0.1, 0.15) is 11.5 Å². The SMILES string of the molecule is CCS(=O)(=O)c1ncc(CN(C)Cc2ccc(C)o2)n1CCCc1ccccc1. The number of aromatic nitrogens is 2. The van der Waals surface area contributed by atoms with E-state index < -0.39 is 9.84 Å². The number of aryl methyl sites for hydroxylation is 2. The van der Waals surface area contributed by atoms with Gasteiger partial charge in [-0.15, -0.1) is 0 Å². The Labute approximate surface area is 173 Å². The minimum atomic E-state index is -3.38. The molecule has 0 aliphatic heterocycles. The van der Waals surface area contributed by atoms with Crippen molar-refractivity contribution in [2.45, 2.75) is 51.5 Å². The van der Waals surface area contributed by atoms with E-state index in [0.29, 0.717) is 19.6 Å². The molecule has 1 aromatic carbocycles. The normalized spacial score (nSPS) is 12.0. The highest BCUT2D eigenvalue weighted by Gasteiger charge is 2.22. The van der Waals surface area contributed by atoms with Gasteiger partial charge in [0, 0.05) is 13.1 Å². The van der Waals surface area contributed by atoms with Crippen molar-refractivity contribution in [3.63, 3.8) is 0 Å². The third-order valence-corrected chi connectivity index (χ3v) is 6.55. The molecular formula is C22H29N3O3S. The topological polar surface area (TPSA) is 68.3 Å². The zero-order chi connectivity index (χ0) is 20.9. The van der Waals surface area contributed by atoms with E-state index in [1.165, 1.54) is 5.56 Å². The molecule has 7 heteroatoms. The number of imidazole rings is 1. The lowest BCUT2D eigenvalue weighted by Gasteiger charge is -2.18. The van der Waals surface area contributed by atoms with Crippen molar-refractivity contribution in [3.8, 4) is 0 Å². The average molecular weight is 416 g/mol. The largest absolute Gasteiger partial charge is 0.465 e. The Bertz CT molecular complexity index is 1020. The summed E-state index contributed by atoms with van der Waals surface area (Å²) >= 11 is 0. The second-order valence-corrected chi connectivity index (χ2v) is 9.53. The van der Waals surface area contributed by atoms with Crippen molar-refractivity contribution in [2.75, 3.05) is 12.8 Å². The molecule has 0 aliphatic carbocycles. The van der Waals surface area contributed by atoms with Gasteiger partial charge in [0.05, 0.1) is 24.2 Å². The molecule has 0 N–H and O–H groups in total. The van der Waals surface area contributed by atoms with Crippen molar-refractivity contribution >= 4 is 9.84 Å². The molecule has 0 atom stereocenters. The first-order chi connectivity index (χ1) is 13.9. The van der Waals surface area contributed by atoms with Crippen molar-refractivity contribution in [1.29, 1.82) is 0 Å². The third kappa shape index (κ3) is 5.58. The Morgan fingerprint density at radius 1 is 1.10 bits per heavy atom. The number of nitrogens with zero attached hydrogens (tertiary/aromatic N) is 3. The van der Waals surface area contributed by atoms with Crippen LogP contribution in [0.4, 0.5) is 0 Å². The van der Waals surface area contributed by atoms with Crippen molar-refractivity contribution < 1.29 is 12.8 Å². The molecule has 3 aromatic rings. The van der Waals surface area contributed by atoms with Crippen LogP contribution in [0.3, 0.4) is 0 Å². The van der Waals surface area contributed by atoms with E-state index in [1.807, 2.05) is 48.9 Å². The maximum Gasteiger partial charge on any atom is 0.227 e. The fourth-order valence-corrected chi connectivity index (χ4v) is 4.41. The molecule has 0 unspecified atom stereocenters. The fourth-order valence-electron chi connectivity index (χ4n) is 3.39. The quantitative estimate of drug-likeness (QED) is 0.503. The summed E-state index contributed by atoms with van der Waals surface area (Å²) in [5.41, 5.74) is 2.15. The van der Waals surface area contributed by atoms with Crippen molar-refractivity contribution in [2.24, 2.45) is 0 Å². The second kappa shape index (κ2) is 9.41. The summed E-state index contributed by atoms with van der Waals surface area (Å²) < 4.78 is 32.6. The highest BCUT2D eigenvalue weighted by molar-refractivity contribution is 7.91. The first-order valence-electron chi connectivity index (χ1n) is 9.94. The molecule has 3 rings (SSSR count). The van der Waals surface area contributed by atoms with E-state index in [-0.39, 0.29) is 10.9 Å². The molecule has 0 fully saturated rings. The van der Waals surface area contributed by atoms with Gasteiger partial charge in [0.2, 0.25) is 15.0 Å². The number of hydrogen-bond donors (Lipinski definition) is 0. The molecule has 0 spiro atoms. The lowest BCUT2D eigenvalue weighted by molar-refractivity contribution is 0.277. The summed E-state index contributed by atoms with van der Waals surface area (Å²) in [5.74, 6) is 1.82. The maximum atomic E-state index is 12.5. The lowest BCUT2D eigenvalue weighted by Crippen LogP contribution is -2.21. The summed E-state index contributed by atoms with van der Waals surface area (Å²) in [6.07, 6.45) is 3.43. The van der Waals surface area contributed by atoms with Crippen LogP contribution in [-0.4, -0.2) is 35.7 Å². The van der Waals surface area contributed by atoms with Gasteiger partial charge in [-0.1, -0.05) is 37.3 Å². The summed E-state index contributed by atoms with van der Waals surface area (Å²) in [6.45, 7) is 5.44. The predicted molar refractivity (Wildman–Crippen MR) is 113 cm³/mol. The van der Waals surface area contributed by atoms with Gasteiger partial charge in [0.25, 0.3) is 0 Å². The molecule has 29 heavy (non-hydrogen) atoms. The minimum Gasteiger partial charge on any atom is -0.465 e. The van der Waals surface area contributed by atoms with Gasteiger partial charge < -0.3 is 8.98 Å². The van der Waals surface area contributed by atoms with E-state index in [1.54, 1.807) is 13.1 Å². The zero-order valence-electron chi connectivity index (χ0n) is 17.3. The van der Waals surface area contributed by atoms with Crippen LogP contribution in [0.2, 0.25) is 0 Å². The predicted octanol–water partition coefficient (Wildman–Crippen LogP) is 3.84. The standard InChI is InChI=1S/C22H29N3O3S/c1-4-29(26,27)22-23-15-20(16-24(3)17-21-13-12-18(2)28-21)25(22)14-8-11-19-9-6-5-7-10-19/h5-7,9-10,12-13,15H,4,8,11,14,16-17H2,1-3H3. The van der Waals surface area contributed by atoms with Gasteiger partial charge in [-0.3, -0.25) is 4.90 Å². The van der Waals surface area contributed by atoms with Gasteiger partial charge in [-0.2, -0.15) is 0 Å². The van der Waals surface area contributed by atoms with Crippen LogP contribution in [-0.2, 0) is 35.9 Å². The van der Waals surface area contributed by atoms with Crippen LogP contribution in [0.5, 0.6) is 0 Å². The lowest BCUT2D eigenvalue weighted by atomic mass is 10.1. The molecule has 0 aliphatic rings. The van der Waals surface area contributed by atoms with Crippen LogP contribution < -0.4 is 0 Å². The van der Waals surface area contributed by atoms with E-state index >= 15 is 0 Å². The summed E-state index contributed by atoms with van der Waals surface area (Å²) in [7, 11) is -1.39. The Balaban J connectivity index is 1.75. The van der Waals surface area contributed by atoms with Gasteiger partial charge in [-0.25, -0.2) is 13.4 Å². The van der Waals surface area contributed by atoms with Crippen LogP contribution in [0.1, 0.15) is 36.1 Å². The molecule has 0 amide bonds. The van der Waals surface area contributed by atoms with E-state index in [4.69, 9.17) is 4.42 Å². The van der Waals surface area contributed by atoms with Crippen LogP contribution in [0.25, 0.3) is 0 Å². The Hall–Kier alpha value is -2.38. The van der Waals surface area contributed by atoms with Crippen LogP contribution in [0, 0.1) is 6.92 Å². The molecular weight excluding hydrogens is 386 g/mol. The minimum absolute atomic E-state index is 0.0453. The van der Waals surface area contributed by atoms with Gasteiger partial charge in [-0.05, 0) is 44.5 Å². The maximum absolute atomic E-state index is 12.5. The molecule has 0 bridgehead atoms. The first kappa shape index (κ1) is 21.3. The van der Waals surface area contributed by atoms with Crippen LogP contribution in [0.15, 0.2) is 58.2 Å². The Kier molecular flexibility index (Phi) is 6.92. The van der Waals surface area contributed by atoms with E-state index in [0.717, 1.165) is 30.1 Å². The molecule has 0 saturated carbocycles. The average Bonchev–Trinajstić information content (AvgIpc) is 3.29. The molecule has 156 valence electrons.